The number of piperazine rings is 1. The molecule has 0 atom stereocenters. The summed E-state index contributed by atoms with van der Waals surface area (Å²) in [4.78, 5) is 24.7. The normalized spacial score (nSPS) is 16.7. The molecule has 0 bridgehead atoms. The molecule has 0 saturated carbocycles. The Balaban J connectivity index is 1.68. The second kappa shape index (κ2) is 6.95. The number of nitrogens with zero attached hydrogens (tertiary/aromatic N) is 7. The van der Waals surface area contributed by atoms with Gasteiger partial charge >= 0.3 is 11.9 Å². The predicted molar refractivity (Wildman–Crippen MR) is 92.5 cm³/mol. The molecule has 0 N–H and O–H groups in total. The Morgan fingerprint density at radius 3 is 2.30 bits per heavy atom. The molecule has 0 aliphatic carbocycles. The fourth-order valence-electron chi connectivity index (χ4n) is 2.92. The van der Waals surface area contributed by atoms with Gasteiger partial charge in [0.2, 0.25) is 5.95 Å². The molecule has 1 fully saturated rings. The van der Waals surface area contributed by atoms with Gasteiger partial charge in [-0.15, -0.1) is 0 Å². The lowest BCUT2D eigenvalue weighted by Gasteiger charge is -2.42. The van der Waals surface area contributed by atoms with Crippen molar-refractivity contribution in [1.29, 1.82) is 0 Å². The van der Waals surface area contributed by atoms with Crippen molar-refractivity contribution in [3.8, 4) is 0 Å². The van der Waals surface area contributed by atoms with Gasteiger partial charge in [-0.3, -0.25) is 14.1 Å². The van der Waals surface area contributed by atoms with Gasteiger partial charge in [0, 0.05) is 37.9 Å². The van der Waals surface area contributed by atoms with Crippen LogP contribution < -0.4 is 10.6 Å². The molecule has 3 heterocycles. The van der Waals surface area contributed by atoms with Gasteiger partial charge in [-0.1, -0.05) is 0 Å². The molecular weight excluding hydrogens is 363 g/mol. The van der Waals surface area contributed by atoms with Crippen LogP contribution in [0.5, 0.6) is 0 Å². The highest BCUT2D eigenvalue weighted by atomic mass is 19.4. The SMILES string of the molecule is CC(C)(C)N1CCN(c2ncn(Cn3ccc(C(F)(F)F)n3)c(=O)n2)CC1. The summed E-state index contributed by atoms with van der Waals surface area (Å²) in [5, 5.41) is 3.42. The number of halogens is 3. The molecule has 11 heteroatoms. The molecule has 1 aliphatic rings. The third-order valence-corrected chi connectivity index (χ3v) is 4.49. The molecule has 27 heavy (non-hydrogen) atoms. The molecule has 0 radical (unpaired) electrons. The molecule has 3 rings (SSSR count). The van der Waals surface area contributed by atoms with E-state index in [9.17, 15) is 18.0 Å². The van der Waals surface area contributed by atoms with E-state index in [1.54, 1.807) is 0 Å². The largest absolute Gasteiger partial charge is 0.435 e. The average Bonchev–Trinajstić information content (AvgIpc) is 3.05. The first kappa shape index (κ1) is 19.3. The summed E-state index contributed by atoms with van der Waals surface area (Å²) < 4.78 is 39.9. The number of aromatic nitrogens is 5. The van der Waals surface area contributed by atoms with Crippen molar-refractivity contribution in [2.24, 2.45) is 0 Å². The quantitative estimate of drug-likeness (QED) is 0.793. The molecule has 8 nitrogen and oxygen atoms in total. The lowest BCUT2D eigenvalue weighted by atomic mass is 10.1. The van der Waals surface area contributed by atoms with Crippen LogP contribution in [0, 0.1) is 0 Å². The third-order valence-electron chi connectivity index (χ3n) is 4.49. The highest BCUT2D eigenvalue weighted by molar-refractivity contribution is 5.28. The second-order valence-electron chi connectivity index (χ2n) is 7.43. The van der Waals surface area contributed by atoms with Crippen molar-refractivity contribution in [2.75, 3.05) is 31.1 Å². The Morgan fingerprint density at radius 2 is 1.78 bits per heavy atom. The summed E-state index contributed by atoms with van der Waals surface area (Å²) in [6, 6.07) is 0.856. The lowest BCUT2D eigenvalue weighted by Crippen LogP contribution is -2.54. The van der Waals surface area contributed by atoms with Gasteiger partial charge < -0.3 is 4.90 Å². The van der Waals surface area contributed by atoms with Crippen molar-refractivity contribution in [3.63, 3.8) is 0 Å². The zero-order valence-corrected chi connectivity index (χ0v) is 15.4. The van der Waals surface area contributed by atoms with Crippen LogP contribution >= 0.6 is 0 Å². The molecule has 2 aromatic rings. The van der Waals surface area contributed by atoms with Gasteiger partial charge in [-0.05, 0) is 26.8 Å². The summed E-state index contributed by atoms with van der Waals surface area (Å²) in [7, 11) is 0. The standard InChI is InChI=1S/C16H22F3N7O/c1-15(2,3)25-8-6-23(7-9-25)13-20-10-24(14(27)21-13)11-26-5-4-12(22-26)16(17,18)19/h4-5,10H,6-9,11H2,1-3H3. The van der Waals surface area contributed by atoms with Gasteiger partial charge in [-0.25, -0.2) is 9.78 Å². The first-order chi connectivity index (χ1) is 12.5. The van der Waals surface area contributed by atoms with Crippen LogP contribution in [-0.4, -0.2) is 60.9 Å². The molecule has 2 aromatic heterocycles. The van der Waals surface area contributed by atoms with Crippen LogP contribution in [0.3, 0.4) is 0 Å². The maximum absolute atomic E-state index is 12.6. The number of hydrogen-bond donors (Lipinski definition) is 0. The Kier molecular flexibility index (Phi) is 4.98. The molecule has 0 aromatic carbocycles. The van der Waals surface area contributed by atoms with Gasteiger partial charge in [0.25, 0.3) is 0 Å². The fraction of sp³-hybridized carbons (Fsp3) is 0.625. The zero-order valence-electron chi connectivity index (χ0n) is 15.4. The number of rotatable bonds is 3. The summed E-state index contributed by atoms with van der Waals surface area (Å²) in [6.45, 7) is 9.35. The van der Waals surface area contributed by atoms with E-state index in [-0.39, 0.29) is 12.2 Å². The molecule has 148 valence electrons. The number of alkyl halides is 3. The smallest absolute Gasteiger partial charge is 0.338 e. The Bertz CT molecular complexity index is 845. The van der Waals surface area contributed by atoms with Crippen molar-refractivity contribution in [1.82, 2.24) is 29.2 Å². The second-order valence-corrected chi connectivity index (χ2v) is 7.43. The topological polar surface area (TPSA) is 72.1 Å². The lowest BCUT2D eigenvalue weighted by molar-refractivity contribution is -0.141. The van der Waals surface area contributed by atoms with Gasteiger partial charge in [0.05, 0.1) is 0 Å². The zero-order chi connectivity index (χ0) is 19.8. The van der Waals surface area contributed by atoms with E-state index in [0.717, 1.165) is 34.6 Å². The van der Waals surface area contributed by atoms with E-state index >= 15 is 0 Å². The molecular formula is C16H22F3N7O. The van der Waals surface area contributed by atoms with Crippen molar-refractivity contribution in [3.05, 3.63) is 34.8 Å². The highest BCUT2D eigenvalue weighted by Crippen LogP contribution is 2.27. The summed E-state index contributed by atoms with van der Waals surface area (Å²) in [6.07, 6.45) is -2.07. The summed E-state index contributed by atoms with van der Waals surface area (Å²) >= 11 is 0. The van der Waals surface area contributed by atoms with Gasteiger partial charge in [0.1, 0.15) is 13.0 Å². The minimum Gasteiger partial charge on any atom is -0.338 e. The molecule has 0 amide bonds. The van der Waals surface area contributed by atoms with E-state index < -0.39 is 17.6 Å². The van der Waals surface area contributed by atoms with Crippen LogP contribution in [0.15, 0.2) is 23.4 Å². The Labute approximate surface area is 154 Å². The molecule has 1 saturated heterocycles. The highest BCUT2D eigenvalue weighted by Gasteiger charge is 2.33. The third kappa shape index (κ3) is 4.46. The number of anilines is 1. The predicted octanol–water partition coefficient (Wildman–Crippen LogP) is 1.28. The summed E-state index contributed by atoms with van der Waals surface area (Å²) in [5.74, 6) is 0.334. The Morgan fingerprint density at radius 1 is 1.11 bits per heavy atom. The monoisotopic (exact) mass is 385 g/mol. The van der Waals surface area contributed by atoms with Gasteiger partial charge in [-0.2, -0.15) is 23.3 Å². The molecule has 1 aliphatic heterocycles. The van der Waals surface area contributed by atoms with Crippen LogP contribution in [0.25, 0.3) is 0 Å². The van der Waals surface area contributed by atoms with Crippen LogP contribution in [0.1, 0.15) is 26.5 Å². The maximum Gasteiger partial charge on any atom is 0.435 e. The van der Waals surface area contributed by atoms with E-state index in [4.69, 9.17) is 0 Å². The first-order valence-corrected chi connectivity index (χ1v) is 8.58. The Hall–Kier alpha value is -2.43. The van der Waals surface area contributed by atoms with E-state index in [2.05, 4.69) is 40.7 Å². The van der Waals surface area contributed by atoms with Crippen molar-refractivity contribution >= 4 is 5.95 Å². The number of hydrogen-bond acceptors (Lipinski definition) is 6. The summed E-state index contributed by atoms with van der Waals surface area (Å²) in [5.41, 5.74) is -1.51. The first-order valence-electron chi connectivity index (χ1n) is 8.58. The average molecular weight is 385 g/mol. The van der Waals surface area contributed by atoms with Crippen LogP contribution in [0.4, 0.5) is 19.1 Å². The van der Waals surface area contributed by atoms with Gasteiger partial charge in [0.15, 0.2) is 5.69 Å². The minimum absolute atomic E-state index is 0.0788. The maximum atomic E-state index is 12.6. The van der Waals surface area contributed by atoms with Crippen molar-refractivity contribution in [2.45, 2.75) is 39.2 Å². The molecule has 0 spiro atoms. The minimum atomic E-state index is -4.52. The van der Waals surface area contributed by atoms with Crippen molar-refractivity contribution < 1.29 is 13.2 Å². The fourth-order valence-corrected chi connectivity index (χ4v) is 2.92. The molecule has 0 unspecified atom stereocenters. The van der Waals surface area contributed by atoms with E-state index in [1.165, 1.54) is 6.33 Å². The van der Waals surface area contributed by atoms with E-state index in [0.29, 0.717) is 19.0 Å². The van der Waals surface area contributed by atoms with E-state index in [1.807, 2.05) is 4.90 Å². The van der Waals surface area contributed by atoms with Crippen LogP contribution in [0.2, 0.25) is 0 Å². The van der Waals surface area contributed by atoms with Crippen LogP contribution in [-0.2, 0) is 12.8 Å².